The van der Waals surface area contributed by atoms with Gasteiger partial charge in [-0.25, -0.2) is 14.4 Å². The van der Waals surface area contributed by atoms with Crippen molar-refractivity contribution in [2.24, 2.45) is 0 Å². The predicted octanol–water partition coefficient (Wildman–Crippen LogP) is 6.25. The van der Waals surface area contributed by atoms with E-state index in [4.69, 9.17) is 23.7 Å². The molecule has 1 aliphatic heterocycles. The zero-order chi connectivity index (χ0) is 30.9. The van der Waals surface area contributed by atoms with Crippen molar-refractivity contribution in [1.82, 2.24) is 10.2 Å². The molecule has 0 radical (unpaired) electrons. The Kier molecular flexibility index (Phi) is 11.1. The number of hydrogen-bond acceptors (Lipinski definition) is 8. The summed E-state index contributed by atoms with van der Waals surface area (Å²) < 4.78 is 28.3. The number of alkyl carbamates (subject to hydrolysis) is 1. The zero-order valence-corrected chi connectivity index (χ0v) is 25.7. The van der Waals surface area contributed by atoms with Gasteiger partial charge in [-0.2, -0.15) is 0 Å². The van der Waals surface area contributed by atoms with Crippen molar-refractivity contribution in [2.75, 3.05) is 13.2 Å². The molecular formula is C32H44N2O8. The van der Waals surface area contributed by atoms with E-state index in [9.17, 15) is 14.4 Å². The van der Waals surface area contributed by atoms with Crippen LogP contribution in [-0.2, 0) is 31.9 Å². The van der Waals surface area contributed by atoms with E-state index in [1.807, 2.05) is 61.5 Å². The molecule has 0 aromatic heterocycles. The van der Waals surface area contributed by atoms with Crippen LogP contribution in [0.3, 0.4) is 0 Å². The minimum absolute atomic E-state index is 0.0485. The van der Waals surface area contributed by atoms with Crippen LogP contribution in [0, 0.1) is 0 Å². The lowest BCUT2D eigenvalue weighted by Crippen LogP contribution is -2.46. The smallest absolute Gasteiger partial charge is 0.494 e. The van der Waals surface area contributed by atoms with Gasteiger partial charge >= 0.3 is 18.3 Å². The van der Waals surface area contributed by atoms with Crippen molar-refractivity contribution in [3.63, 3.8) is 0 Å². The standard InChI is InChI=1S/C32H44N2O8/c1-8-18-38-24-16-14-22(15-17-24)19-25-27(40-28(35)33-20-23-12-10-9-11-13-23)26(39-30(37)42-32(5,6)7)21-34(25)29(36)41-31(2,3)4/h9-17,25-27H,8,18-21H2,1-7H3,(H,33,35)/t25-,26+,27+/m1/s1. The molecule has 1 N–H and O–H groups in total. The van der Waals surface area contributed by atoms with Crippen LogP contribution in [0.5, 0.6) is 5.75 Å². The van der Waals surface area contributed by atoms with Crippen molar-refractivity contribution in [3.05, 3.63) is 65.7 Å². The second-order valence-electron chi connectivity index (χ2n) is 12.2. The maximum absolute atomic E-state index is 13.4. The van der Waals surface area contributed by atoms with Crippen LogP contribution in [-0.4, -0.2) is 65.8 Å². The summed E-state index contributed by atoms with van der Waals surface area (Å²) in [6, 6.07) is 16.2. The number of ether oxygens (including phenoxy) is 5. The highest BCUT2D eigenvalue weighted by molar-refractivity contribution is 5.71. The molecule has 2 amide bonds. The number of hydrogen-bond donors (Lipinski definition) is 1. The third-order valence-electron chi connectivity index (χ3n) is 6.15. The van der Waals surface area contributed by atoms with Gasteiger partial charge < -0.3 is 29.0 Å². The number of carbonyl (C=O) groups excluding carboxylic acids is 3. The predicted molar refractivity (Wildman–Crippen MR) is 157 cm³/mol. The van der Waals surface area contributed by atoms with E-state index in [1.54, 1.807) is 41.5 Å². The Morgan fingerprint density at radius 2 is 1.50 bits per heavy atom. The second-order valence-corrected chi connectivity index (χ2v) is 12.2. The Morgan fingerprint density at radius 1 is 0.857 bits per heavy atom. The molecule has 1 fully saturated rings. The fourth-order valence-corrected chi connectivity index (χ4v) is 4.39. The number of nitrogens with one attached hydrogen (secondary N) is 1. The van der Waals surface area contributed by atoms with E-state index >= 15 is 0 Å². The highest BCUT2D eigenvalue weighted by Gasteiger charge is 2.50. The van der Waals surface area contributed by atoms with Gasteiger partial charge in [-0.1, -0.05) is 49.4 Å². The summed E-state index contributed by atoms with van der Waals surface area (Å²) in [5, 5.41) is 2.75. The number of amides is 2. The lowest BCUT2D eigenvalue weighted by atomic mass is 10.0. The lowest BCUT2D eigenvalue weighted by Gasteiger charge is -2.30. The molecule has 0 unspecified atom stereocenters. The van der Waals surface area contributed by atoms with Gasteiger partial charge in [0.25, 0.3) is 0 Å². The average Bonchev–Trinajstić information content (AvgIpc) is 3.21. The van der Waals surface area contributed by atoms with Crippen LogP contribution in [0.4, 0.5) is 14.4 Å². The third-order valence-corrected chi connectivity index (χ3v) is 6.15. The molecular weight excluding hydrogens is 540 g/mol. The molecule has 1 heterocycles. The van der Waals surface area contributed by atoms with Crippen molar-refractivity contribution >= 4 is 18.3 Å². The number of likely N-dealkylation sites (tertiary alicyclic amines) is 1. The highest BCUT2D eigenvalue weighted by atomic mass is 16.7. The average molecular weight is 585 g/mol. The van der Waals surface area contributed by atoms with Crippen molar-refractivity contribution in [1.29, 1.82) is 0 Å². The quantitative estimate of drug-likeness (QED) is 0.272. The topological polar surface area (TPSA) is 113 Å². The molecule has 230 valence electrons. The highest BCUT2D eigenvalue weighted by Crippen LogP contribution is 2.30. The van der Waals surface area contributed by atoms with Crippen LogP contribution < -0.4 is 10.1 Å². The first-order valence-corrected chi connectivity index (χ1v) is 14.3. The van der Waals surface area contributed by atoms with Gasteiger partial charge in [0.1, 0.15) is 17.0 Å². The Morgan fingerprint density at radius 3 is 2.10 bits per heavy atom. The first-order chi connectivity index (χ1) is 19.7. The Hall–Kier alpha value is -3.95. The van der Waals surface area contributed by atoms with Crippen molar-refractivity contribution in [3.8, 4) is 5.75 Å². The molecule has 2 aromatic rings. The summed E-state index contributed by atoms with van der Waals surface area (Å²) in [6.45, 7) is 13.3. The van der Waals surface area contributed by atoms with E-state index in [2.05, 4.69) is 5.32 Å². The zero-order valence-electron chi connectivity index (χ0n) is 25.7. The molecule has 1 saturated heterocycles. The summed E-state index contributed by atoms with van der Waals surface area (Å²) in [4.78, 5) is 40.6. The van der Waals surface area contributed by atoms with Gasteiger partial charge in [0.2, 0.25) is 0 Å². The SMILES string of the molecule is CCCOc1ccc(C[C@@H]2[C@H](OC(=O)NCc3ccccc3)[C@@H](OC(=O)OC(C)(C)C)CN2C(=O)OC(C)(C)C)cc1. The molecule has 3 atom stereocenters. The second kappa shape index (κ2) is 14.3. The van der Waals surface area contributed by atoms with Crippen LogP contribution in [0.15, 0.2) is 54.6 Å². The number of nitrogens with zero attached hydrogens (tertiary/aromatic N) is 1. The maximum Gasteiger partial charge on any atom is 0.509 e. The van der Waals surface area contributed by atoms with Crippen LogP contribution in [0.25, 0.3) is 0 Å². The molecule has 0 spiro atoms. The Labute approximate surface area is 248 Å². The van der Waals surface area contributed by atoms with Gasteiger partial charge in [0.15, 0.2) is 12.2 Å². The van der Waals surface area contributed by atoms with Gasteiger partial charge in [-0.3, -0.25) is 4.90 Å². The van der Waals surface area contributed by atoms with E-state index in [0.29, 0.717) is 13.0 Å². The van der Waals surface area contributed by atoms with E-state index in [-0.39, 0.29) is 13.1 Å². The van der Waals surface area contributed by atoms with Gasteiger partial charge in [0.05, 0.1) is 19.2 Å². The molecule has 10 nitrogen and oxygen atoms in total. The molecule has 10 heteroatoms. The largest absolute Gasteiger partial charge is 0.509 e. The van der Waals surface area contributed by atoms with E-state index < -0.39 is 47.8 Å². The van der Waals surface area contributed by atoms with Crippen molar-refractivity contribution in [2.45, 2.75) is 97.3 Å². The molecule has 2 aromatic carbocycles. The fraction of sp³-hybridized carbons (Fsp3) is 0.531. The number of carbonyl (C=O) groups is 3. The minimum atomic E-state index is -1.00. The number of rotatable bonds is 9. The first kappa shape index (κ1) is 32.6. The molecule has 0 saturated carbocycles. The maximum atomic E-state index is 13.4. The van der Waals surface area contributed by atoms with Crippen molar-refractivity contribution < 1.29 is 38.1 Å². The van der Waals surface area contributed by atoms with Gasteiger partial charge in [-0.05, 0) is 77.6 Å². The Bertz CT molecular complexity index is 1170. The Balaban J connectivity index is 1.88. The van der Waals surface area contributed by atoms with Crippen LogP contribution in [0.2, 0.25) is 0 Å². The summed E-state index contributed by atoms with van der Waals surface area (Å²) in [6.07, 6.45) is -3.04. The van der Waals surface area contributed by atoms with E-state index in [1.165, 1.54) is 4.90 Å². The summed E-state index contributed by atoms with van der Waals surface area (Å²) in [5.41, 5.74) is 0.187. The van der Waals surface area contributed by atoms with Gasteiger partial charge in [0, 0.05) is 6.54 Å². The van der Waals surface area contributed by atoms with Gasteiger partial charge in [-0.15, -0.1) is 0 Å². The summed E-state index contributed by atoms with van der Waals surface area (Å²) in [5.74, 6) is 0.732. The fourth-order valence-electron chi connectivity index (χ4n) is 4.39. The molecule has 0 bridgehead atoms. The first-order valence-electron chi connectivity index (χ1n) is 14.3. The molecule has 3 rings (SSSR count). The lowest BCUT2D eigenvalue weighted by molar-refractivity contribution is -0.0518. The normalized spacial score (nSPS) is 18.6. The molecule has 1 aliphatic rings. The molecule has 0 aliphatic carbocycles. The third kappa shape index (κ3) is 10.5. The monoisotopic (exact) mass is 584 g/mol. The summed E-state index contributed by atoms with van der Waals surface area (Å²) in [7, 11) is 0. The number of benzene rings is 2. The van der Waals surface area contributed by atoms with E-state index in [0.717, 1.165) is 23.3 Å². The summed E-state index contributed by atoms with van der Waals surface area (Å²) >= 11 is 0. The minimum Gasteiger partial charge on any atom is -0.494 e. The molecule has 42 heavy (non-hydrogen) atoms. The van der Waals surface area contributed by atoms with Crippen LogP contribution >= 0.6 is 0 Å². The van der Waals surface area contributed by atoms with Crippen LogP contribution in [0.1, 0.15) is 66.0 Å².